The largest absolute Gasteiger partial charge is 0.480 e. The van der Waals surface area contributed by atoms with E-state index in [1.807, 2.05) is 31.2 Å². The van der Waals surface area contributed by atoms with E-state index in [0.717, 1.165) is 16.9 Å². The number of nitrogens with two attached hydrogens (primary N) is 1. The van der Waals surface area contributed by atoms with Gasteiger partial charge in [-0.15, -0.1) is 0 Å². The van der Waals surface area contributed by atoms with Crippen molar-refractivity contribution in [3.63, 3.8) is 0 Å². The number of hydrogen-bond acceptors (Lipinski definition) is 3. The molecule has 21 heavy (non-hydrogen) atoms. The van der Waals surface area contributed by atoms with Gasteiger partial charge in [0.15, 0.2) is 0 Å². The normalized spacial score (nSPS) is 9.95. The summed E-state index contributed by atoms with van der Waals surface area (Å²) in [5.74, 6) is -1.97. The molecular weight excluding hydrogens is 274 g/mol. The van der Waals surface area contributed by atoms with Crippen LogP contribution in [-0.4, -0.2) is 41.0 Å². The average molecular weight is 293 g/mol. The first-order valence-corrected chi connectivity index (χ1v) is 6.53. The fourth-order valence-electron chi connectivity index (χ4n) is 1.73. The second-order valence-electron chi connectivity index (χ2n) is 4.54. The Kier molecular flexibility index (Phi) is 6.19. The molecule has 0 saturated heterocycles. The minimum Gasteiger partial charge on any atom is -0.480 e. The van der Waals surface area contributed by atoms with Gasteiger partial charge in [0, 0.05) is 6.54 Å². The number of primary amides is 1. The van der Waals surface area contributed by atoms with Crippen molar-refractivity contribution >= 4 is 17.9 Å². The van der Waals surface area contributed by atoms with Crippen molar-refractivity contribution in [2.45, 2.75) is 19.9 Å². The number of rotatable bonds is 7. The highest BCUT2D eigenvalue weighted by Crippen LogP contribution is 2.05. The Hall–Kier alpha value is -2.57. The number of carboxylic acid groups (broad SMARTS) is 1. The number of amides is 3. The van der Waals surface area contributed by atoms with Gasteiger partial charge in [-0.25, -0.2) is 4.79 Å². The van der Waals surface area contributed by atoms with Crippen LogP contribution in [-0.2, 0) is 22.6 Å². The zero-order valence-electron chi connectivity index (χ0n) is 11.8. The van der Waals surface area contributed by atoms with E-state index in [-0.39, 0.29) is 6.54 Å². The van der Waals surface area contributed by atoms with Crippen molar-refractivity contribution in [1.82, 2.24) is 10.2 Å². The van der Waals surface area contributed by atoms with Gasteiger partial charge in [0.25, 0.3) is 0 Å². The molecule has 0 aliphatic heterocycles. The van der Waals surface area contributed by atoms with E-state index in [1.165, 1.54) is 5.56 Å². The molecule has 0 spiro atoms. The number of hydrogen-bond donors (Lipinski definition) is 3. The molecule has 0 aliphatic rings. The fraction of sp³-hybridized carbons (Fsp3) is 0.357. The molecule has 0 radical (unpaired) electrons. The molecular formula is C14H19N3O4. The monoisotopic (exact) mass is 293 g/mol. The maximum absolute atomic E-state index is 11.9. The zero-order valence-corrected chi connectivity index (χ0v) is 11.8. The fourth-order valence-corrected chi connectivity index (χ4v) is 1.73. The summed E-state index contributed by atoms with van der Waals surface area (Å²) < 4.78 is 0. The number of benzene rings is 1. The van der Waals surface area contributed by atoms with E-state index in [1.54, 1.807) is 0 Å². The first-order valence-electron chi connectivity index (χ1n) is 6.53. The lowest BCUT2D eigenvalue weighted by molar-refractivity contribution is -0.137. The second-order valence-corrected chi connectivity index (χ2v) is 4.54. The number of carboxylic acids is 1. The first-order chi connectivity index (χ1) is 9.92. The maximum atomic E-state index is 11.9. The Morgan fingerprint density at radius 1 is 1.14 bits per heavy atom. The minimum absolute atomic E-state index is 0.248. The van der Waals surface area contributed by atoms with E-state index < -0.39 is 31.0 Å². The third kappa shape index (κ3) is 5.94. The highest BCUT2D eigenvalue weighted by atomic mass is 16.4. The quantitative estimate of drug-likeness (QED) is 0.672. The highest BCUT2D eigenvalue weighted by molar-refractivity contribution is 5.85. The van der Waals surface area contributed by atoms with Crippen LogP contribution < -0.4 is 11.1 Å². The van der Waals surface area contributed by atoms with Gasteiger partial charge >= 0.3 is 12.0 Å². The van der Waals surface area contributed by atoms with Crippen LogP contribution in [0.15, 0.2) is 24.3 Å². The van der Waals surface area contributed by atoms with E-state index in [9.17, 15) is 14.4 Å². The van der Waals surface area contributed by atoms with Crippen molar-refractivity contribution in [1.29, 1.82) is 0 Å². The lowest BCUT2D eigenvalue weighted by atomic mass is 10.1. The molecule has 3 amide bonds. The van der Waals surface area contributed by atoms with Gasteiger partial charge in [0.05, 0.1) is 0 Å². The second kappa shape index (κ2) is 7.88. The molecule has 4 N–H and O–H groups in total. The van der Waals surface area contributed by atoms with Crippen molar-refractivity contribution in [2.24, 2.45) is 5.73 Å². The number of urea groups is 1. The standard InChI is InChI=1S/C14H19N3O4/c1-2-10-3-5-11(6-4-10)7-16-14(21)17(8-12(15)18)9-13(19)20/h3-6H,2,7-9H2,1H3,(H2,15,18)(H,16,21)(H,19,20). The Balaban J connectivity index is 2.59. The molecule has 1 aromatic rings. The molecule has 0 saturated carbocycles. The van der Waals surface area contributed by atoms with E-state index in [2.05, 4.69) is 5.32 Å². The summed E-state index contributed by atoms with van der Waals surface area (Å²) in [7, 11) is 0. The molecule has 0 unspecified atom stereocenters. The summed E-state index contributed by atoms with van der Waals surface area (Å²) in [5.41, 5.74) is 7.06. The number of aryl methyl sites for hydroxylation is 1. The summed E-state index contributed by atoms with van der Waals surface area (Å²) in [5, 5.41) is 11.3. The summed E-state index contributed by atoms with van der Waals surface area (Å²) in [6, 6.07) is 7.04. The van der Waals surface area contributed by atoms with Crippen molar-refractivity contribution in [3.05, 3.63) is 35.4 Å². The minimum atomic E-state index is -1.21. The van der Waals surface area contributed by atoms with Crippen molar-refractivity contribution in [3.8, 4) is 0 Å². The van der Waals surface area contributed by atoms with Crippen molar-refractivity contribution in [2.75, 3.05) is 13.1 Å². The number of nitrogens with zero attached hydrogens (tertiary/aromatic N) is 1. The molecule has 0 aliphatic carbocycles. The topological polar surface area (TPSA) is 113 Å². The van der Waals surface area contributed by atoms with Gasteiger partial charge in [-0.1, -0.05) is 31.2 Å². The van der Waals surface area contributed by atoms with E-state index in [4.69, 9.17) is 10.8 Å². The van der Waals surface area contributed by atoms with Gasteiger partial charge in [-0.2, -0.15) is 0 Å². The van der Waals surface area contributed by atoms with Gasteiger partial charge < -0.3 is 21.1 Å². The van der Waals surface area contributed by atoms with Crippen LogP contribution in [0, 0.1) is 0 Å². The van der Waals surface area contributed by atoms with Crippen LogP contribution in [0.4, 0.5) is 4.79 Å². The van der Waals surface area contributed by atoms with Gasteiger partial charge in [0.2, 0.25) is 5.91 Å². The molecule has 0 atom stereocenters. The third-order valence-corrected chi connectivity index (χ3v) is 2.83. The molecule has 0 heterocycles. The van der Waals surface area contributed by atoms with Crippen LogP contribution in [0.25, 0.3) is 0 Å². The molecule has 7 nitrogen and oxygen atoms in total. The van der Waals surface area contributed by atoms with E-state index in [0.29, 0.717) is 0 Å². The SMILES string of the molecule is CCc1ccc(CNC(=O)N(CC(N)=O)CC(=O)O)cc1. The summed E-state index contributed by atoms with van der Waals surface area (Å²) in [6.45, 7) is 1.28. The number of carbonyl (C=O) groups excluding carboxylic acids is 2. The molecule has 7 heteroatoms. The van der Waals surface area contributed by atoms with Crippen LogP contribution in [0.2, 0.25) is 0 Å². The number of carbonyl (C=O) groups is 3. The van der Waals surface area contributed by atoms with Gasteiger partial charge in [0.1, 0.15) is 13.1 Å². The summed E-state index contributed by atoms with van der Waals surface area (Å²) in [4.78, 5) is 34.2. The summed E-state index contributed by atoms with van der Waals surface area (Å²) >= 11 is 0. The molecule has 114 valence electrons. The van der Waals surface area contributed by atoms with Crippen LogP contribution in [0.5, 0.6) is 0 Å². The van der Waals surface area contributed by atoms with Crippen molar-refractivity contribution < 1.29 is 19.5 Å². The van der Waals surface area contributed by atoms with Gasteiger partial charge in [-0.3, -0.25) is 9.59 Å². The predicted molar refractivity (Wildman–Crippen MR) is 76.5 cm³/mol. The summed E-state index contributed by atoms with van der Waals surface area (Å²) in [6.07, 6.45) is 0.928. The maximum Gasteiger partial charge on any atom is 0.323 e. The van der Waals surface area contributed by atoms with Crippen LogP contribution in [0.1, 0.15) is 18.1 Å². The molecule has 1 aromatic carbocycles. The smallest absolute Gasteiger partial charge is 0.323 e. The Labute approximate surface area is 122 Å². The zero-order chi connectivity index (χ0) is 15.8. The molecule has 1 rings (SSSR count). The lowest BCUT2D eigenvalue weighted by Crippen LogP contribution is -2.46. The number of aliphatic carboxylic acids is 1. The Morgan fingerprint density at radius 3 is 2.19 bits per heavy atom. The first kappa shape index (κ1) is 16.5. The van der Waals surface area contributed by atoms with Crippen LogP contribution >= 0.6 is 0 Å². The van der Waals surface area contributed by atoms with E-state index >= 15 is 0 Å². The third-order valence-electron chi connectivity index (χ3n) is 2.83. The molecule has 0 aromatic heterocycles. The Bertz CT molecular complexity index is 497. The molecule has 0 bridgehead atoms. The van der Waals surface area contributed by atoms with Crippen LogP contribution in [0.3, 0.4) is 0 Å². The lowest BCUT2D eigenvalue weighted by Gasteiger charge is -2.19. The highest BCUT2D eigenvalue weighted by Gasteiger charge is 2.18. The van der Waals surface area contributed by atoms with Gasteiger partial charge in [-0.05, 0) is 17.5 Å². The average Bonchev–Trinajstić information content (AvgIpc) is 2.43. The Morgan fingerprint density at radius 2 is 1.71 bits per heavy atom. The number of nitrogens with one attached hydrogen (secondary N) is 1. The molecule has 0 fully saturated rings. The predicted octanol–water partition coefficient (Wildman–Crippen LogP) is 0.331.